The highest BCUT2D eigenvalue weighted by Crippen LogP contribution is 2.13. The second kappa shape index (κ2) is 4.52. The Balaban J connectivity index is 1.99. The predicted molar refractivity (Wildman–Crippen MR) is 60.5 cm³/mol. The Kier molecular flexibility index (Phi) is 3.09. The minimum atomic E-state index is 0.105. The maximum absolute atomic E-state index is 11.8. The quantitative estimate of drug-likeness (QED) is 0.753. The van der Waals surface area contributed by atoms with Crippen molar-refractivity contribution in [3.63, 3.8) is 0 Å². The Hall–Kier alpha value is -1.56. The van der Waals surface area contributed by atoms with Gasteiger partial charge >= 0.3 is 0 Å². The highest BCUT2D eigenvalue weighted by atomic mass is 32.1. The largest absolute Gasteiger partial charge is 0.293 e. The van der Waals surface area contributed by atoms with Gasteiger partial charge in [0.1, 0.15) is 4.88 Å². The Morgan fingerprint density at radius 3 is 2.94 bits per heavy atom. The first-order valence-electron chi connectivity index (χ1n) is 4.97. The monoisotopic (exact) mass is 236 g/mol. The van der Waals surface area contributed by atoms with E-state index in [1.807, 2.05) is 13.1 Å². The minimum Gasteiger partial charge on any atom is -0.293 e. The van der Waals surface area contributed by atoms with Gasteiger partial charge in [-0.25, -0.2) is 0 Å². The fourth-order valence-electron chi connectivity index (χ4n) is 1.49. The van der Waals surface area contributed by atoms with Crippen molar-refractivity contribution in [1.82, 2.24) is 19.4 Å². The molecule has 84 valence electrons. The molecule has 0 amide bonds. The molecule has 0 spiro atoms. The number of nitrogens with zero attached hydrogens (tertiary/aromatic N) is 4. The Morgan fingerprint density at radius 2 is 2.38 bits per heavy atom. The summed E-state index contributed by atoms with van der Waals surface area (Å²) in [5.74, 6) is 0.105. The number of hydrogen-bond donors (Lipinski definition) is 0. The Morgan fingerprint density at radius 1 is 1.56 bits per heavy atom. The molecule has 0 aliphatic rings. The molecular weight excluding hydrogens is 224 g/mol. The molecule has 0 aliphatic carbocycles. The van der Waals surface area contributed by atoms with Gasteiger partial charge in [0.2, 0.25) is 0 Å². The van der Waals surface area contributed by atoms with Crippen molar-refractivity contribution in [2.75, 3.05) is 0 Å². The van der Waals surface area contributed by atoms with Crippen LogP contribution >= 0.6 is 11.5 Å². The molecule has 5 nitrogen and oxygen atoms in total. The van der Waals surface area contributed by atoms with E-state index in [0.29, 0.717) is 17.7 Å². The van der Waals surface area contributed by atoms with Crippen molar-refractivity contribution in [3.05, 3.63) is 28.5 Å². The molecule has 0 aliphatic heterocycles. The van der Waals surface area contributed by atoms with E-state index in [9.17, 15) is 4.79 Å². The standard InChI is InChI=1S/C10H12N4OS/c1-7-10(16-13-12-7)9(15)4-3-8-5-6-11-14(8)2/h5-6H,3-4H2,1-2H3. The molecule has 16 heavy (non-hydrogen) atoms. The van der Waals surface area contributed by atoms with Crippen LogP contribution in [0.1, 0.15) is 27.5 Å². The fourth-order valence-corrected chi connectivity index (χ4v) is 2.11. The Labute approximate surface area is 97.3 Å². The molecule has 2 heterocycles. The van der Waals surface area contributed by atoms with Crippen molar-refractivity contribution in [1.29, 1.82) is 0 Å². The number of hydrogen-bond acceptors (Lipinski definition) is 5. The van der Waals surface area contributed by atoms with Crippen LogP contribution in [-0.2, 0) is 13.5 Å². The summed E-state index contributed by atoms with van der Waals surface area (Å²) in [5, 5.41) is 7.89. The zero-order valence-electron chi connectivity index (χ0n) is 9.17. The maximum Gasteiger partial charge on any atom is 0.176 e. The van der Waals surface area contributed by atoms with Crippen molar-refractivity contribution >= 4 is 17.3 Å². The van der Waals surface area contributed by atoms with Crippen molar-refractivity contribution in [2.24, 2.45) is 7.05 Å². The van der Waals surface area contributed by atoms with Gasteiger partial charge in [-0.05, 0) is 30.9 Å². The third kappa shape index (κ3) is 2.16. The minimum absolute atomic E-state index is 0.105. The molecule has 0 radical (unpaired) electrons. The van der Waals surface area contributed by atoms with Gasteiger partial charge in [-0.1, -0.05) is 4.49 Å². The molecule has 0 aromatic carbocycles. The average molecular weight is 236 g/mol. The fraction of sp³-hybridized carbons (Fsp3) is 0.400. The summed E-state index contributed by atoms with van der Waals surface area (Å²) in [5.41, 5.74) is 1.78. The SMILES string of the molecule is Cc1nnsc1C(=O)CCc1ccnn1C. The van der Waals surface area contributed by atoms with Crippen molar-refractivity contribution in [2.45, 2.75) is 19.8 Å². The molecule has 0 N–H and O–H groups in total. The molecule has 0 fully saturated rings. The highest BCUT2D eigenvalue weighted by molar-refractivity contribution is 7.08. The van der Waals surface area contributed by atoms with E-state index in [4.69, 9.17) is 0 Å². The van der Waals surface area contributed by atoms with E-state index in [0.717, 1.165) is 11.4 Å². The number of Topliss-reactive ketones (excluding diaryl/α,β-unsaturated/α-hetero) is 1. The second-order valence-electron chi connectivity index (χ2n) is 3.56. The van der Waals surface area contributed by atoms with Gasteiger partial charge in [-0.3, -0.25) is 9.48 Å². The molecule has 0 saturated carbocycles. The number of rotatable bonds is 4. The average Bonchev–Trinajstić information content (AvgIpc) is 2.84. The molecule has 2 rings (SSSR count). The van der Waals surface area contributed by atoms with Gasteiger partial charge in [0.25, 0.3) is 0 Å². The van der Waals surface area contributed by atoms with E-state index in [1.165, 1.54) is 11.5 Å². The molecule has 0 saturated heterocycles. The molecule has 0 bridgehead atoms. The van der Waals surface area contributed by atoms with E-state index in [2.05, 4.69) is 14.7 Å². The normalized spacial score (nSPS) is 10.6. The third-order valence-electron chi connectivity index (χ3n) is 2.44. The number of aryl methyl sites for hydroxylation is 3. The predicted octanol–water partition coefficient (Wildman–Crippen LogP) is 1.40. The summed E-state index contributed by atoms with van der Waals surface area (Å²) < 4.78 is 5.54. The summed E-state index contributed by atoms with van der Waals surface area (Å²) in [7, 11) is 1.87. The first kappa shape index (κ1) is 10.9. The lowest BCUT2D eigenvalue weighted by Crippen LogP contribution is -2.04. The zero-order chi connectivity index (χ0) is 11.5. The van der Waals surface area contributed by atoms with Gasteiger partial charge in [-0.2, -0.15) is 5.10 Å². The smallest absolute Gasteiger partial charge is 0.176 e. The molecule has 2 aromatic heterocycles. The van der Waals surface area contributed by atoms with Crippen LogP contribution in [0, 0.1) is 6.92 Å². The van der Waals surface area contributed by atoms with Gasteiger partial charge < -0.3 is 0 Å². The second-order valence-corrected chi connectivity index (χ2v) is 4.31. The summed E-state index contributed by atoms with van der Waals surface area (Å²) in [6, 6.07) is 1.92. The summed E-state index contributed by atoms with van der Waals surface area (Å²) in [6.45, 7) is 1.81. The van der Waals surface area contributed by atoms with Crippen LogP contribution in [0.2, 0.25) is 0 Å². The molecule has 2 aromatic rings. The van der Waals surface area contributed by atoms with E-state index < -0.39 is 0 Å². The summed E-state index contributed by atoms with van der Waals surface area (Å²) in [4.78, 5) is 12.5. The van der Waals surface area contributed by atoms with Crippen LogP contribution < -0.4 is 0 Å². The van der Waals surface area contributed by atoms with Crippen molar-refractivity contribution in [3.8, 4) is 0 Å². The number of aromatic nitrogens is 4. The van der Waals surface area contributed by atoms with Crippen LogP contribution in [0.15, 0.2) is 12.3 Å². The Bertz CT molecular complexity index is 502. The van der Waals surface area contributed by atoms with Gasteiger partial charge in [0, 0.05) is 25.4 Å². The summed E-state index contributed by atoms with van der Waals surface area (Å²) >= 11 is 1.17. The number of carbonyl (C=O) groups is 1. The first-order valence-corrected chi connectivity index (χ1v) is 5.75. The van der Waals surface area contributed by atoms with Crippen LogP contribution in [0.4, 0.5) is 0 Å². The lowest BCUT2D eigenvalue weighted by molar-refractivity contribution is 0.0985. The van der Waals surface area contributed by atoms with Crippen LogP contribution in [0.5, 0.6) is 0 Å². The number of ketones is 1. The molecule has 0 atom stereocenters. The van der Waals surface area contributed by atoms with E-state index in [-0.39, 0.29) is 5.78 Å². The number of carbonyl (C=O) groups excluding carboxylic acids is 1. The van der Waals surface area contributed by atoms with Crippen LogP contribution in [0.3, 0.4) is 0 Å². The summed E-state index contributed by atoms with van der Waals surface area (Å²) in [6.07, 6.45) is 2.91. The highest BCUT2D eigenvalue weighted by Gasteiger charge is 2.13. The lowest BCUT2D eigenvalue weighted by Gasteiger charge is -2.00. The molecule has 6 heteroatoms. The van der Waals surface area contributed by atoms with E-state index >= 15 is 0 Å². The zero-order valence-corrected chi connectivity index (χ0v) is 9.99. The van der Waals surface area contributed by atoms with Gasteiger partial charge in [-0.15, -0.1) is 5.10 Å². The van der Waals surface area contributed by atoms with Gasteiger partial charge in [0.15, 0.2) is 5.78 Å². The molecular formula is C10H12N4OS. The van der Waals surface area contributed by atoms with Gasteiger partial charge in [0.05, 0.1) is 5.69 Å². The van der Waals surface area contributed by atoms with E-state index in [1.54, 1.807) is 17.8 Å². The van der Waals surface area contributed by atoms with Crippen LogP contribution in [0.25, 0.3) is 0 Å². The molecule has 0 unspecified atom stereocenters. The van der Waals surface area contributed by atoms with Crippen molar-refractivity contribution < 1.29 is 4.79 Å². The maximum atomic E-state index is 11.8. The lowest BCUT2D eigenvalue weighted by atomic mass is 10.1. The van der Waals surface area contributed by atoms with Crippen LogP contribution in [-0.4, -0.2) is 25.2 Å². The third-order valence-corrected chi connectivity index (χ3v) is 3.30. The topological polar surface area (TPSA) is 60.7 Å². The first-order chi connectivity index (χ1) is 7.68.